The van der Waals surface area contributed by atoms with Gasteiger partial charge in [-0.1, -0.05) is 13.0 Å². The topological polar surface area (TPSA) is 99.2 Å². The molecule has 198 valence electrons. The van der Waals surface area contributed by atoms with Crippen LogP contribution in [0.5, 0.6) is 5.88 Å². The van der Waals surface area contributed by atoms with Crippen molar-refractivity contribution in [3.8, 4) is 17.0 Å². The molecule has 0 saturated heterocycles. The van der Waals surface area contributed by atoms with Crippen molar-refractivity contribution in [2.24, 2.45) is 20.0 Å². The first-order valence-corrected chi connectivity index (χ1v) is 13.2. The van der Waals surface area contributed by atoms with Gasteiger partial charge in [0.2, 0.25) is 11.8 Å². The van der Waals surface area contributed by atoms with Gasteiger partial charge in [-0.3, -0.25) is 14.9 Å². The van der Waals surface area contributed by atoms with Gasteiger partial charge in [-0.2, -0.15) is 5.10 Å². The molecule has 2 bridgehead atoms. The lowest BCUT2D eigenvalue weighted by Crippen LogP contribution is -2.27. The zero-order valence-electron chi connectivity index (χ0n) is 22.3. The van der Waals surface area contributed by atoms with E-state index in [0.29, 0.717) is 41.0 Å². The summed E-state index contributed by atoms with van der Waals surface area (Å²) in [7, 11) is 5.58. The van der Waals surface area contributed by atoms with Crippen molar-refractivity contribution in [1.82, 2.24) is 28.8 Å². The van der Waals surface area contributed by atoms with Crippen molar-refractivity contribution < 1.29 is 9.53 Å². The highest BCUT2D eigenvalue weighted by atomic mass is 16.5. The van der Waals surface area contributed by atoms with Crippen molar-refractivity contribution in [1.29, 1.82) is 0 Å². The lowest BCUT2D eigenvalue weighted by molar-refractivity contribution is 0.102. The molecule has 0 fully saturated rings. The maximum absolute atomic E-state index is 13.6. The Morgan fingerprint density at radius 3 is 2.82 bits per heavy atom. The molecule has 1 atom stereocenters. The van der Waals surface area contributed by atoms with Gasteiger partial charge >= 0.3 is 0 Å². The van der Waals surface area contributed by atoms with Crippen LogP contribution >= 0.6 is 0 Å². The Morgan fingerprint density at radius 2 is 1.97 bits per heavy atom. The number of anilines is 1. The molecule has 4 aromatic rings. The van der Waals surface area contributed by atoms with E-state index in [4.69, 9.17) is 9.72 Å². The van der Waals surface area contributed by atoms with Crippen LogP contribution in [0, 0.1) is 5.92 Å². The highest BCUT2D eigenvalue weighted by Gasteiger charge is 2.25. The number of fused-ring (bicyclic) bond motifs is 9. The number of imidazole rings is 1. The molecule has 2 aliphatic rings. The van der Waals surface area contributed by atoms with Gasteiger partial charge in [0.15, 0.2) is 0 Å². The third-order valence-electron chi connectivity index (χ3n) is 7.71. The van der Waals surface area contributed by atoms with Crippen molar-refractivity contribution >= 4 is 22.9 Å². The number of aryl methyl sites for hydroxylation is 2. The smallest absolute Gasteiger partial charge is 0.259 e. The Bertz CT molecular complexity index is 1610. The molecule has 5 heterocycles. The molecule has 2 aliphatic heterocycles. The predicted octanol–water partition coefficient (Wildman–Crippen LogP) is 3.18. The molecule has 0 unspecified atom stereocenters. The van der Waals surface area contributed by atoms with Gasteiger partial charge in [0.1, 0.15) is 0 Å². The Labute approximate surface area is 220 Å². The fourth-order valence-electron chi connectivity index (χ4n) is 5.70. The first-order valence-electron chi connectivity index (χ1n) is 13.2. The number of rotatable bonds is 0. The lowest BCUT2D eigenvalue weighted by Gasteiger charge is -2.26. The van der Waals surface area contributed by atoms with Gasteiger partial charge in [-0.05, 0) is 55.5 Å². The highest BCUT2D eigenvalue weighted by Crippen LogP contribution is 2.32. The summed E-state index contributed by atoms with van der Waals surface area (Å²) in [5, 5.41) is 7.40. The van der Waals surface area contributed by atoms with Gasteiger partial charge in [-0.15, -0.1) is 0 Å². The zero-order valence-corrected chi connectivity index (χ0v) is 22.3. The van der Waals surface area contributed by atoms with Crippen LogP contribution in [0.3, 0.4) is 0 Å². The van der Waals surface area contributed by atoms with Crippen molar-refractivity contribution in [2.45, 2.75) is 39.3 Å². The number of likely N-dealkylation sites (N-methyl/N-ethyl adjacent to an activating group) is 1. The minimum Gasteiger partial charge on any atom is -0.477 e. The Hall–Kier alpha value is -3.92. The minimum atomic E-state index is -0.319. The van der Waals surface area contributed by atoms with Crippen LogP contribution < -0.4 is 15.6 Å². The average molecular weight is 516 g/mol. The van der Waals surface area contributed by atoms with E-state index in [1.54, 1.807) is 37.2 Å². The zero-order chi connectivity index (χ0) is 26.6. The van der Waals surface area contributed by atoms with Crippen LogP contribution in [0.25, 0.3) is 22.2 Å². The van der Waals surface area contributed by atoms with Crippen LogP contribution in [-0.4, -0.2) is 54.9 Å². The molecule has 1 amide bonds. The van der Waals surface area contributed by atoms with E-state index in [-0.39, 0.29) is 11.5 Å². The molecule has 10 heteroatoms. The summed E-state index contributed by atoms with van der Waals surface area (Å²) in [4.78, 5) is 33.9. The Morgan fingerprint density at radius 1 is 1.13 bits per heavy atom. The SMILES string of the molecule is C[C@@H]1CCCOc2c(cnn2C)-c2cc(cn(C)c2=O)C(=O)Nc2nc3ccc4c(c3n2C1)CCN(C)C4. The summed E-state index contributed by atoms with van der Waals surface area (Å²) in [5.41, 5.74) is 5.72. The number of benzene rings is 1. The van der Waals surface area contributed by atoms with E-state index in [2.05, 4.69) is 46.0 Å². The monoisotopic (exact) mass is 515 g/mol. The minimum absolute atomic E-state index is 0.221. The van der Waals surface area contributed by atoms with Crippen LogP contribution in [0.2, 0.25) is 0 Å². The number of carbonyl (C=O) groups excluding carboxylic acids is 1. The summed E-state index contributed by atoms with van der Waals surface area (Å²) in [6.45, 7) is 5.35. The van der Waals surface area contributed by atoms with Gasteiger partial charge in [0, 0.05) is 39.9 Å². The first kappa shape index (κ1) is 24.4. The van der Waals surface area contributed by atoms with Gasteiger partial charge in [-0.25, -0.2) is 9.67 Å². The molecule has 3 aromatic heterocycles. The van der Waals surface area contributed by atoms with Gasteiger partial charge < -0.3 is 18.8 Å². The molecule has 6 rings (SSSR count). The maximum atomic E-state index is 13.6. The quantitative estimate of drug-likeness (QED) is 0.386. The van der Waals surface area contributed by atoms with E-state index in [1.807, 2.05) is 0 Å². The lowest BCUT2D eigenvalue weighted by atomic mass is 9.98. The van der Waals surface area contributed by atoms with E-state index in [0.717, 1.165) is 49.9 Å². The van der Waals surface area contributed by atoms with Crippen LogP contribution in [-0.2, 0) is 33.6 Å². The van der Waals surface area contributed by atoms with Crippen LogP contribution in [0.4, 0.5) is 5.95 Å². The number of hydrogen-bond donors (Lipinski definition) is 1. The number of aromatic nitrogens is 5. The number of pyridine rings is 1. The van der Waals surface area contributed by atoms with E-state index in [1.165, 1.54) is 15.7 Å². The Kier molecular flexibility index (Phi) is 6.06. The summed E-state index contributed by atoms with van der Waals surface area (Å²) in [5.74, 6) is 1.07. The summed E-state index contributed by atoms with van der Waals surface area (Å²) >= 11 is 0. The fourth-order valence-corrected chi connectivity index (χ4v) is 5.70. The number of nitrogens with zero attached hydrogens (tertiary/aromatic N) is 6. The number of amides is 1. The molecule has 0 aliphatic carbocycles. The molecule has 0 spiro atoms. The molecule has 38 heavy (non-hydrogen) atoms. The van der Waals surface area contributed by atoms with E-state index < -0.39 is 0 Å². The van der Waals surface area contributed by atoms with Crippen molar-refractivity contribution in [3.05, 3.63) is 57.6 Å². The van der Waals surface area contributed by atoms with Gasteiger partial charge in [0.05, 0.1) is 40.5 Å². The summed E-state index contributed by atoms with van der Waals surface area (Å²) in [6, 6.07) is 5.84. The second kappa shape index (κ2) is 9.43. The van der Waals surface area contributed by atoms with Gasteiger partial charge in [0.25, 0.3) is 11.5 Å². The second-order valence-electron chi connectivity index (χ2n) is 10.7. The molecular formula is C28H33N7O3. The van der Waals surface area contributed by atoms with Crippen LogP contribution in [0.1, 0.15) is 41.3 Å². The fraction of sp³-hybridized carbons (Fsp3) is 0.429. The number of hydrogen-bond acceptors (Lipinski definition) is 6. The van der Waals surface area contributed by atoms with Crippen molar-refractivity contribution in [2.75, 3.05) is 25.5 Å². The van der Waals surface area contributed by atoms with Crippen LogP contribution in [0.15, 0.2) is 35.4 Å². The van der Waals surface area contributed by atoms with E-state index in [9.17, 15) is 9.59 Å². The first-order chi connectivity index (χ1) is 18.3. The molecule has 1 N–H and O–H groups in total. The third kappa shape index (κ3) is 4.18. The standard InChI is InChI=1S/C28H33N7O3/c1-17-6-5-11-38-27-22(13-29-34(27)4)21-12-19(16-33(3)26(21)37)25(36)31-28-30-23-8-7-18-15-32(2)10-9-20(18)24(23)35(28)14-17/h7-8,12-13,16-17H,5-6,9-11,14-15H2,1-4H3,(H,30,31,36)/t17-/m1/s1. The Balaban J connectivity index is 1.49. The number of carbonyl (C=O) groups is 1. The van der Waals surface area contributed by atoms with E-state index >= 15 is 0 Å². The molecule has 0 radical (unpaired) electrons. The molecule has 10 nitrogen and oxygen atoms in total. The third-order valence-corrected chi connectivity index (χ3v) is 7.71. The molecular weight excluding hydrogens is 482 g/mol. The summed E-state index contributed by atoms with van der Waals surface area (Å²) in [6.07, 6.45) is 5.91. The maximum Gasteiger partial charge on any atom is 0.259 e. The molecule has 1 aromatic carbocycles. The predicted molar refractivity (Wildman–Crippen MR) is 146 cm³/mol. The normalized spacial score (nSPS) is 18.5. The summed E-state index contributed by atoms with van der Waals surface area (Å²) < 4.78 is 11.4. The average Bonchev–Trinajstić information content (AvgIpc) is 3.42. The highest BCUT2D eigenvalue weighted by molar-refractivity contribution is 6.04. The largest absolute Gasteiger partial charge is 0.477 e. The van der Waals surface area contributed by atoms with Crippen molar-refractivity contribution in [3.63, 3.8) is 0 Å². The number of ether oxygens (including phenoxy) is 1. The molecule has 0 saturated carbocycles. The number of nitrogens with one attached hydrogen (secondary N) is 1. The second-order valence-corrected chi connectivity index (χ2v) is 10.7.